The highest BCUT2D eigenvalue weighted by Crippen LogP contribution is 2.36. The Morgan fingerprint density at radius 1 is 1.03 bits per heavy atom. The van der Waals surface area contributed by atoms with E-state index in [0.29, 0.717) is 28.5 Å². The second kappa shape index (κ2) is 11.0. The van der Waals surface area contributed by atoms with Crippen LogP contribution in [0, 0.1) is 0 Å². The summed E-state index contributed by atoms with van der Waals surface area (Å²) in [6, 6.07) is 17.9. The van der Waals surface area contributed by atoms with E-state index in [1.54, 1.807) is 54.6 Å². The molecule has 3 N–H and O–H groups in total. The summed E-state index contributed by atoms with van der Waals surface area (Å²) in [6.07, 6.45) is -0.928. The molecule has 0 unspecified atom stereocenters. The number of aromatic hydroxyl groups is 1. The van der Waals surface area contributed by atoms with Crippen molar-refractivity contribution in [2.24, 2.45) is 0 Å². The van der Waals surface area contributed by atoms with Gasteiger partial charge in [-0.1, -0.05) is 24.3 Å². The van der Waals surface area contributed by atoms with Crippen molar-refractivity contribution >= 4 is 17.7 Å². The number of aliphatic carboxylic acids is 1. The van der Waals surface area contributed by atoms with Crippen LogP contribution >= 0.6 is 0 Å². The maximum atomic E-state index is 12.9. The number of ether oxygens (including phenoxy) is 5. The number of amides is 1. The molecular weight excluding hydrogens is 470 g/mol. The number of carbonyl (C=O) groups excluding carboxylic acids is 1. The molecule has 1 aliphatic rings. The SMILES string of the molecule is COc1ccc([C@H](OC(=O)Nc2ccc3c(c2)OCO3)[C@H](/C=C/C(=O)O)Oc2ccccc2)cc1O. The number of carboxylic acids is 1. The normalized spacial score (nSPS) is 13.6. The number of hydrogen-bond acceptors (Lipinski definition) is 8. The van der Waals surface area contributed by atoms with Crippen LogP contribution < -0.4 is 24.3 Å². The van der Waals surface area contributed by atoms with Gasteiger partial charge < -0.3 is 33.9 Å². The van der Waals surface area contributed by atoms with Gasteiger partial charge in [-0.05, 0) is 42.5 Å². The molecule has 0 bridgehead atoms. The van der Waals surface area contributed by atoms with Crippen LogP contribution in [0.3, 0.4) is 0 Å². The van der Waals surface area contributed by atoms with E-state index in [1.165, 1.54) is 25.3 Å². The van der Waals surface area contributed by atoms with Crippen LogP contribution in [-0.2, 0) is 9.53 Å². The summed E-state index contributed by atoms with van der Waals surface area (Å²) in [6.45, 7) is 0.0840. The van der Waals surface area contributed by atoms with Crippen LogP contribution in [-0.4, -0.2) is 42.3 Å². The molecule has 0 radical (unpaired) electrons. The number of carboxylic acid groups (broad SMARTS) is 1. The molecule has 0 spiro atoms. The predicted molar refractivity (Wildman–Crippen MR) is 128 cm³/mol. The van der Waals surface area contributed by atoms with Crippen molar-refractivity contribution in [2.45, 2.75) is 12.2 Å². The molecule has 0 fully saturated rings. The third kappa shape index (κ3) is 5.98. The third-order valence-electron chi connectivity index (χ3n) is 5.13. The van der Waals surface area contributed by atoms with E-state index in [1.807, 2.05) is 0 Å². The second-order valence-corrected chi connectivity index (χ2v) is 7.54. The smallest absolute Gasteiger partial charge is 0.412 e. The summed E-state index contributed by atoms with van der Waals surface area (Å²) in [7, 11) is 1.40. The highest BCUT2D eigenvalue weighted by molar-refractivity contribution is 5.85. The Kier molecular flexibility index (Phi) is 7.45. The molecule has 36 heavy (non-hydrogen) atoms. The van der Waals surface area contributed by atoms with Gasteiger partial charge in [-0.25, -0.2) is 9.59 Å². The molecule has 4 rings (SSSR count). The molecule has 10 heteroatoms. The van der Waals surface area contributed by atoms with E-state index in [0.717, 1.165) is 6.08 Å². The van der Waals surface area contributed by atoms with Crippen molar-refractivity contribution in [2.75, 3.05) is 19.2 Å². The fraction of sp³-hybridized carbons (Fsp3) is 0.154. The van der Waals surface area contributed by atoms with E-state index in [-0.39, 0.29) is 18.3 Å². The molecule has 186 valence electrons. The summed E-state index contributed by atoms with van der Waals surface area (Å²) in [5.74, 6) is 0.247. The Hall–Kier alpha value is -4.86. The average molecular weight is 493 g/mol. The fourth-order valence-corrected chi connectivity index (χ4v) is 3.48. The van der Waals surface area contributed by atoms with E-state index in [4.69, 9.17) is 23.7 Å². The number of rotatable bonds is 9. The van der Waals surface area contributed by atoms with Gasteiger partial charge in [0.2, 0.25) is 6.79 Å². The second-order valence-electron chi connectivity index (χ2n) is 7.54. The minimum Gasteiger partial charge on any atom is -0.504 e. The molecule has 0 saturated heterocycles. The van der Waals surface area contributed by atoms with Crippen LogP contribution in [0.4, 0.5) is 10.5 Å². The minimum atomic E-state index is -1.21. The van der Waals surface area contributed by atoms with Gasteiger partial charge in [0.15, 0.2) is 35.2 Å². The number of anilines is 1. The molecule has 2 atom stereocenters. The topological polar surface area (TPSA) is 133 Å². The van der Waals surface area contributed by atoms with Gasteiger partial charge in [0.25, 0.3) is 0 Å². The Morgan fingerprint density at radius 3 is 2.53 bits per heavy atom. The molecule has 3 aromatic rings. The van der Waals surface area contributed by atoms with Gasteiger partial charge in [0, 0.05) is 23.4 Å². The van der Waals surface area contributed by atoms with Crippen LogP contribution in [0.5, 0.6) is 28.7 Å². The van der Waals surface area contributed by atoms with Crippen LogP contribution in [0.1, 0.15) is 11.7 Å². The molecule has 0 aliphatic carbocycles. The Bertz CT molecular complexity index is 1260. The Labute approximate surface area is 206 Å². The van der Waals surface area contributed by atoms with Gasteiger partial charge in [-0.2, -0.15) is 0 Å². The number of phenols is 1. The fourth-order valence-electron chi connectivity index (χ4n) is 3.48. The highest BCUT2D eigenvalue weighted by Gasteiger charge is 2.29. The first-order chi connectivity index (χ1) is 17.4. The zero-order valence-electron chi connectivity index (χ0n) is 19.1. The Morgan fingerprint density at radius 2 is 1.81 bits per heavy atom. The van der Waals surface area contributed by atoms with Gasteiger partial charge in [0.05, 0.1) is 7.11 Å². The summed E-state index contributed by atoms with van der Waals surface area (Å²) < 4.78 is 27.4. The number of methoxy groups -OCH3 is 1. The summed E-state index contributed by atoms with van der Waals surface area (Å²) in [5, 5.41) is 22.1. The van der Waals surface area contributed by atoms with Crippen molar-refractivity contribution < 1.29 is 43.5 Å². The standard InChI is InChI=1S/C26H23NO9/c1-32-20-9-7-16(13-19(20)28)25(22(11-12-24(29)30)35-18-5-3-2-4-6-18)36-26(31)27-17-8-10-21-23(14-17)34-15-33-21/h2-14,22,25,28H,15H2,1H3,(H,27,31)(H,29,30)/b12-11+/t22-,25-/m0/s1. The van der Waals surface area contributed by atoms with Crippen LogP contribution in [0.2, 0.25) is 0 Å². The maximum absolute atomic E-state index is 12.9. The maximum Gasteiger partial charge on any atom is 0.412 e. The van der Waals surface area contributed by atoms with Gasteiger partial charge >= 0.3 is 12.1 Å². The van der Waals surface area contributed by atoms with Crippen molar-refractivity contribution in [1.82, 2.24) is 0 Å². The number of benzene rings is 3. The van der Waals surface area contributed by atoms with Gasteiger partial charge in [-0.3, -0.25) is 5.32 Å². The van der Waals surface area contributed by atoms with Crippen molar-refractivity contribution in [3.63, 3.8) is 0 Å². The lowest BCUT2D eigenvalue weighted by Crippen LogP contribution is -2.29. The van der Waals surface area contributed by atoms with E-state index in [9.17, 15) is 19.8 Å². The number of fused-ring (bicyclic) bond motifs is 1. The first-order valence-corrected chi connectivity index (χ1v) is 10.8. The van der Waals surface area contributed by atoms with Gasteiger partial charge in [0.1, 0.15) is 5.75 Å². The van der Waals surface area contributed by atoms with Crippen molar-refractivity contribution in [1.29, 1.82) is 0 Å². The number of phenolic OH excluding ortho intramolecular Hbond substituents is 1. The van der Waals surface area contributed by atoms with Crippen molar-refractivity contribution in [3.05, 3.63) is 84.4 Å². The zero-order valence-corrected chi connectivity index (χ0v) is 19.1. The molecule has 0 saturated carbocycles. The lowest BCUT2D eigenvalue weighted by atomic mass is 10.0. The van der Waals surface area contributed by atoms with Crippen molar-refractivity contribution in [3.8, 4) is 28.7 Å². The average Bonchev–Trinajstić information content (AvgIpc) is 3.34. The monoisotopic (exact) mass is 493 g/mol. The molecule has 0 aromatic heterocycles. The molecule has 1 amide bonds. The number of nitrogens with one attached hydrogen (secondary N) is 1. The van der Waals surface area contributed by atoms with E-state index < -0.39 is 24.3 Å². The summed E-state index contributed by atoms with van der Waals surface area (Å²) in [5.41, 5.74) is 0.729. The largest absolute Gasteiger partial charge is 0.504 e. The number of para-hydroxylation sites is 1. The Balaban J connectivity index is 1.64. The minimum absolute atomic E-state index is 0.0840. The third-order valence-corrected chi connectivity index (χ3v) is 5.13. The number of hydrogen-bond donors (Lipinski definition) is 3. The molecule has 1 heterocycles. The first kappa shape index (κ1) is 24.3. The zero-order chi connectivity index (χ0) is 25.5. The summed E-state index contributed by atoms with van der Waals surface area (Å²) >= 11 is 0. The number of carbonyl (C=O) groups is 2. The molecular formula is C26H23NO9. The lowest BCUT2D eigenvalue weighted by molar-refractivity contribution is -0.131. The quantitative estimate of drug-likeness (QED) is 0.368. The predicted octanol–water partition coefficient (Wildman–Crippen LogP) is 4.51. The van der Waals surface area contributed by atoms with E-state index >= 15 is 0 Å². The highest BCUT2D eigenvalue weighted by atomic mass is 16.7. The lowest BCUT2D eigenvalue weighted by Gasteiger charge is -2.26. The first-order valence-electron chi connectivity index (χ1n) is 10.8. The van der Waals surface area contributed by atoms with Gasteiger partial charge in [-0.15, -0.1) is 0 Å². The van der Waals surface area contributed by atoms with Crippen LogP contribution in [0.25, 0.3) is 0 Å². The van der Waals surface area contributed by atoms with E-state index in [2.05, 4.69) is 5.32 Å². The summed E-state index contributed by atoms with van der Waals surface area (Å²) in [4.78, 5) is 24.2. The van der Waals surface area contributed by atoms with Crippen LogP contribution in [0.15, 0.2) is 78.9 Å². The molecule has 3 aromatic carbocycles. The molecule has 10 nitrogen and oxygen atoms in total. The molecule has 1 aliphatic heterocycles.